The van der Waals surface area contributed by atoms with Crippen LogP contribution in [0.4, 0.5) is 0 Å². The van der Waals surface area contributed by atoms with Gasteiger partial charge in [-0.25, -0.2) is 9.97 Å². The molecule has 0 saturated heterocycles. The molecular formula is C16H12ClN3O. The molecule has 5 heteroatoms. The highest BCUT2D eigenvalue weighted by atomic mass is 35.5. The number of aromatic nitrogens is 3. The molecule has 0 atom stereocenters. The van der Waals surface area contributed by atoms with Gasteiger partial charge in [-0.05, 0) is 42.8 Å². The van der Waals surface area contributed by atoms with E-state index in [9.17, 15) is 0 Å². The maximum atomic E-state index is 6.08. The zero-order valence-corrected chi connectivity index (χ0v) is 12.3. The fraction of sp³-hybridized carbons (Fsp3) is 0.125. The van der Waals surface area contributed by atoms with Crippen LogP contribution in [0.15, 0.2) is 36.5 Å². The lowest BCUT2D eigenvalue weighted by Crippen LogP contribution is -1.91. The summed E-state index contributed by atoms with van der Waals surface area (Å²) in [5.41, 5.74) is 4.56. The first kappa shape index (κ1) is 12.4. The van der Waals surface area contributed by atoms with Gasteiger partial charge >= 0.3 is 0 Å². The van der Waals surface area contributed by atoms with E-state index >= 15 is 0 Å². The second-order valence-corrected chi connectivity index (χ2v) is 5.42. The fourth-order valence-electron chi connectivity index (χ4n) is 2.65. The molecule has 4 rings (SSSR count). The molecule has 0 fully saturated rings. The number of hydrogen-bond donors (Lipinski definition) is 0. The maximum absolute atomic E-state index is 6.08. The number of halogens is 1. The lowest BCUT2D eigenvalue weighted by molar-refractivity contribution is 0.415. The predicted octanol–water partition coefficient (Wildman–Crippen LogP) is 4.01. The molecule has 0 amide bonds. The molecule has 0 aliphatic rings. The Hall–Kier alpha value is -2.33. The summed E-state index contributed by atoms with van der Waals surface area (Å²) in [7, 11) is 1.66. The van der Waals surface area contributed by atoms with Crippen molar-refractivity contribution >= 4 is 39.3 Å². The summed E-state index contributed by atoms with van der Waals surface area (Å²) in [6.07, 6.45) is 1.84. The zero-order chi connectivity index (χ0) is 14.6. The molecule has 104 valence electrons. The lowest BCUT2D eigenvalue weighted by Gasteiger charge is -2.05. The number of ether oxygens (including phenoxy) is 1. The summed E-state index contributed by atoms with van der Waals surface area (Å²) in [5.74, 6) is 0.818. The van der Waals surface area contributed by atoms with Gasteiger partial charge in [0.25, 0.3) is 0 Å². The Kier molecular flexibility index (Phi) is 2.56. The third-order valence-corrected chi connectivity index (χ3v) is 3.97. The van der Waals surface area contributed by atoms with Gasteiger partial charge in [0.05, 0.1) is 17.6 Å². The van der Waals surface area contributed by atoms with Gasteiger partial charge in [0.1, 0.15) is 16.9 Å². The summed E-state index contributed by atoms with van der Waals surface area (Å²) in [5, 5.41) is 1.72. The van der Waals surface area contributed by atoms with Crippen LogP contribution in [0.3, 0.4) is 0 Å². The quantitative estimate of drug-likeness (QED) is 0.533. The van der Waals surface area contributed by atoms with Crippen molar-refractivity contribution in [1.82, 2.24) is 14.4 Å². The average Bonchev–Trinajstić information content (AvgIpc) is 2.86. The van der Waals surface area contributed by atoms with Crippen molar-refractivity contribution in [3.8, 4) is 5.75 Å². The van der Waals surface area contributed by atoms with E-state index in [-0.39, 0.29) is 0 Å². The van der Waals surface area contributed by atoms with E-state index in [1.54, 1.807) is 7.11 Å². The number of methoxy groups -OCH3 is 1. The molecule has 4 aromatic rings. The van der Waals surface area contributed by atoms with E-state index in [1.165, 1.54) is 0 Å². The number of fused-ring (bicyclic) bond motifs is 4. The minimum absolute atomic E-state index is 0.663. The van der Waals surface area contributed by atoms with Crippen LogP contribution in [-0.4, -0.2) is 21.5 Å². The Morgan fingerprint density at radius 1 is 1.14 bits per heavy atom. The first-order chi connectivity index (χ1) is 10.2. The van der Waals surface area contributed by atoms with Gasteiger partial charge in [0.2, 0.25) is 0 Å². The first-order valence-electron chi connectivity index (χ1n) is 6.59. The van der Waals surface area contributed by atoms with Crippen LogP contribution < -0.4 is 4.74 Å². The predicted molar refractivity (Wildman–Crippen MR) is 84.3 cm³/mol. The van der Waals surface area contributed by atoms with Crippen molar-refractivity contribution < 1.29 is 4.74 Å². The SMILES string of the molecule is COc1ccc2nc3c(nc4ccc(Cl)cn43)c(C)c2c1. The number of benzene rings is 1. The minimum Gasteiger partial charge on any atom is -0.497 e. The Bertz CT molecular complexity index is 1010. The highest BCUT2D eigenvalue weighted by Crippen LogP contribution is 2.28. The number of aryl methyl sites for hydroxylation is 1. The number of pyridine rings is 2. The number of imidazole rings is 1. The average molecular weight is 298 g/mol. The molecule has 3 aromatic heterocycles. The molecule has 0 saturated carbocycles. The van der Waals surface area contributed by atoms with Crippen LogP contribution >= 0.6 is 11.6 Å². The smallest absolute Gasteiger partial charge is 0.165 e. The molecule has 0 bridgehead atoms. The number of nitrogens with zero attached hydrogens (tertiary/aromatic N) is 3. The Morgan fingerprint density at radius 3 is 2.81 bits per heavy atom. The second-order valence-electron chi connectivity index (χ2n) is 4.98. The van der Waals surface area contributed by atoms with Gasteiger partial charge in [0, 0.05) is 11.6 Å². The summed E-state index contributed by atoms with van der Waals surface area (Å²) >= 11 is 6.08. The van der Waals surface area contributed by atoms with Gasteiger partial charge in [-0.1, -0.05) is 11.6 Å². The lowest BCUT2D eigenvalue weighted by atomic mass is 10.1. The van der Waals surface area contributed by atoms with Crippen molar-refractivity contribution in [2.45, 2.75) is 6.92 Å². The van der Waals surface area contributed by atoms with Gasteiger partial charge in [-0.3, -0.25) is 4.40 Å². The molecular weight excluding hydrogens is 286 g/mol. The Labute approximate surface area is 125 Å². The van der Waals surface area contributed by atoms with Crippen LogP contribution in [0, 0.1) is 6.92 Å². The van der Waals surface area contributed by atoms with Gasteiger partial charge < -0.3 is 4.74 Å². The largest absolute Gasteiger partial charge is 0.497 e. The van der Waals surface area contributed by atoms with Gasteiger partial charge in [-0.2, -0.15) is 0 Å². The van der Waals surface area contributed by atoms with Crippen LogP contribution in [0.2, 0.25) is 5.02 Å². The summed E-state index contributed by atoms with van der Waals surface area (Å²) in [6, 6.07) is 9.60. The van der Waals surface area contributed by atoms with E-state index in [0.29, 0.717) is 5.02 Å². The van der Waals surface area contributed by atoms with Crippen molar-refractivity contribution in [1.29, 1.82) is 0 Å². The maximum Gasteiger partial charge on any atom is 0.165 e. The van der Waals surface area contributed by atoms with E-state index < -0.39 is 0 Å². The van der Waals surface area contributed by atoms with Gasteiger partial charge in [0.15, 0.2) is 5.65 Å². The summed E-state index contributed by atoms with van der Waals surface area (Å²) < 4.78 is 7.22. The Morgan fingerprint density at radius 2 is 2.00 bits per heavy atom. The van der Waals surface area contributed by atoms with E-state index in [2.05, 4.69) is 11.9 Å². The van der Waals surface area contributed by atoms with Crippen LogP contribution in [0.25, 0.3) is 27.7 Å². The van der Waals surface area contributed by atoms with E-state index in [1.807, 2.05) is 40.9 Å². The summed E-state index contributed by atoms with van der Waals surface area (Å²) in [6.45, 7) is 2.06. The minimum atomic E-state index is 0.663. The van der Waals surface area contributed by atoms with Crippen LogP contribution in [0.5, 0.6) is 5.75 Å². The number of hydrogen-bond acceptors (Lipinski definition) is 3. The molecule has 0 spiro atoms. The highest BCUT2D eigenvalue weighted by Gasteiger charge is 2.12. The zero-order valence-electron chi connectivity index (χ0n) is 11.6. The van der Waals surface area contributed by atoms with Gasteiger partial charge in [-0.15, -0.1) is 0 Å². The third kappa shape index (κ3) is 1.76. The third-order valence-electron chi connectivity index (χ3n) is 3.75. The molecule has 0 aliphatic carbocycles. The molecule has 1 aromatic carbocycles. The standard InChI is InChI=1S/C16H12ClN3O/c1-9-12-7-11(21-2)4-5-13(12)18-16-15(9)19-14-6-3-10(17)8-20(14)16/h3-8H,1-2H3. The number of rotatable bonds is 1. The topological polar surface area (TPSA) is 39.4 Å². The first-order valence-corrected chi connectivity index (χ1v) is 6.97. The molecule has 0 aliphatic heterocycles. The molecule has 0 unspecified atom stereocenters. The van der Waals surface area contributed by atoms with Crippen molar-refractivity contribution in [2.75, 3.05) is 7.11 Å². The molecule has 0 N–H and O–H groups in total. The molecule has 0 radical (unpaired) electrons. The monoisotopic (exact) mass is 297 g/mol. The highest BCUT2D eigenvalue weighted by molar-refractivity contribution is 6.30. The fourth-order valence-corrected chi connectivity index (χ4v) is 2.81. The molecule has 4 nitrogen and oxygen atoms in total. The van der Waals surface area contributed by atoms with Crippen molar-refractivity contribution in [3.63, 3.8) is 0 Å². The van der Waals surface area contributed by atoms with Crippen LogP contribution in [0.1, 0.15) is 5.56 Å². The molecule has 3 heterocycles. The van der Waals surface area contributed by atoms with E-state index in [4.69, 9.17) is 21.3 Å². The molecule has 21 heavy (non-hydrogen) atoms. The summed E-state index contributed by atoms with van der Waals surface area (Å²) in [4.78, 5) is 9.39. The second kappa shape index (κ2) is 4.33. The van der Waals surface area contributed by atoms with Crippen molar-refractivity contribution in [3.05, 3.63) is 47.1 Å². The van der Waals surface area contributed by atoms with Crippen LogP contribution in [-0.2, 0) is 0 Å². The normalized spacial score (nSPS) is 11.6. The van der Waals surface area contributed by atoms with Crippen molar-refractivity contribution in [2.24, 2.45) is 0 Å². The Balaban J connectivity index is 2.20. The van der Waals surface area contributed by atoms with E-state index in [0.717, 1.165) is 39.0 Å².